The number of rotatable bonds is 10. The Morgan fingerprint density at radius 3 is 2.51 bits per heavy atom. The molecule has 1 saturated heterocycles. The van der Waals surface area contributed by atoms with Gasteiger partial charge in [-0.3, -0.25) is 14.7 Å². The molecule has 1 amide bonds. The lowest BCUT2D eigenvalue weighted by molar-refractivity contribution is 0.0626. The molecule has 0 aliphatic carbocycles. The Balaban J connectivity index is 1.11. The number of benzene rings is 3. The Hall–Kier alpha value is -3.48. The van der Waals surface area contributed by atoms with Gasteiger partial charge in [0, 0.05) is 62.5 Å². The first-order chi connectivity index (χ1) is 19.0. The summed E-state index contributed by atoms with van der Waals surface area (Å²) in [7, 11) is 0. The molecule has 0 radical (unpaired) electrons. The van der Waals surface area contributed by atoms with Crippen molar-refractivity contribution in [1.29, 1.82) is 0 Å². The van der Waals surface area contributed by atoms with E-state index in [1.807, 2.05) is 35.2 Å². The summed E-state index contributed by atoms with van der Waals surface area (Å²) in [6.45, 7) is 11.7. The van der Waals surface area contributed by atoms with Gasteiger partial charge in [-0.25, -0.2) is 0 Å². The van der Waals surface area contributed by atoms with Gasteiger partial charge in [0.1, 0.15) is 11.9 Å². The fourth-order valence-electron chi connectivity index (χ4n) is 5.51. The molecule has 1 N–H and O–H groups in total. The van der Waals surface area contributed by atoms with E-state index in [2.05, 4.69) is 78.4 Å². The summed E-state index contributed by atoms with van der Waals surface area (Å²) in [5.74, 6) is 1.58. The third-order valence-electron chi connectivity index (χ3n) is 7.52. The van der Waals surface area contributed by atoms with Crippen molar-refractivity contribution in [3.8, 4) is 5.75 Å². The Kier molecular flexibility index (Phi) is 8.74. The number of nitrogens with one attached hydrogen (secondary N) is 1. The molecule has 1 fully saturated rings. The molecule has 6 heteroatoms. The molecule has 4 aromatic rings. The number of aromatic nitrogens is 1. The molecule has 0 spiro atoms. The zero-order valence-corrected chi connectivity index (χ0v) is 23.3. The second kappa shape index (κ2) is 12.6. The van der Waals surface area contributed by atoms with Gasteiger partial charge in [-0.1, -0.05) is 56.3 Å². The third-order valence-corrected chi connectivity index (χ3v) is 7.52. The number of piperazine rings is 1. The van der Waals surface area contributed by atoms with Gasteiger partial charge in [0.15, 0.2) is 0 Å². The lowest BCUT2D eigenvalue weighted by Gasteiger charge is -2.36. The number of ether oxygens (including phenoxy) is 1. The average Bonchev–Trinajstić information content (AvgIpc) is 2.95. The summed E-state index contributed by atoms with van der Waals surface area (Å²) >= 11 is 0. The smallest absolute Gasteiger partial charge is 0.254 e. The Morgan fingerprint density at radius 2 is 1.72 bits per heavy atom. The van der Waals surface area contributed by atoms with Gasteiger partial charge in [-0.05, 0) is 60.4 Å². The van der Waals surface area contributed by atoms with Crippen LogP contribution in [0.15, 0.2) is 79.0 Å². The van der Waals surface area contributed by atoms with E-state index in [0.29, 0.717) is 12.0 Å². The first-order valence-electron chi connectivity index (χ1n) is 14.2. The van der Waals surface area contributed by atoms with Crippen molar-refractivity contribution in [3.05, 3.63) is 84.6 Å². The van der Waals surface area contributed by atoms with Crippen LogP contribution in [0.5, 0.6) is 5.75 Å². The number of pyridine rings is 1. The van der Waals surface area contributed by atoms with Gasteiger partial charge in [0.2, 0.25) is 0 Å². The van der Waals surface area contributed by atoms with Crippen molar-refractivity contribution < 1.29 is 9.53 Å². The summed E-state index contributed by atoms with van der Waals surface area (Å²) in [5, 5.41) is 7.07. The maximum atomic E-state index is 13.3. The predicted octanol–water partition coefficient (Wildman–Crippen LogP) is 5.62. The third kappa shape index (κ3) is 6.94. The number of carbonyl (C=O) groups excluding carboxylic acids is 1. The second-order valence-electron chi connectivity index (χ2n) is 11.2. The van der Waals surface area contributed by atoms with Gasteiger partial charge < -0.3 is 15.0 Å². The van der Waals surface area contributed by atoms with Crippen LogP contribution in [0, 0.1) is 5.92 Å². The lowest BCUT2D eigenvalue weighted by Crippen LogP contribution is -2.52. The molecule has 0 saturated carbocycles. The molecular formula is C33H40N4O2. The van der Waals surface area contributed by atoms with Crippen molar-refractivity contribution in [3.63, 3.8) is 0 Å². The SMILES string of the molecule is CC(C)CC(CNC(C)CN1CCN(C(=O)c2cccc3ncccc23)CC1)Oc1ccc2ccccc2c1. The van der Waals surface area contributed by atoms with E-state index in [1.54, 1.807) is 6.20 Å². The highest BCUT2D eigenvalue weighted by Crippen LogP contribution is 2.23. The van der Waals surface area contributed by atoms with Gasteiger partial charge in [0.25, 0.3) is 5.91 Å². The maximum absolute atomic E-state index is 13.3. The van der Waals surface area contributed by atoms with Gasteiger partial charge >= 0.3 is 0 Å². The van der Waals surface area contributed by atoms with Crippen molar-refractivity contribution >= 4 is 27.6 Å². The largest absolute Gasteiger partial charge is 0.489 e. The number of fused-ring (bicyclic) bond motifs is 2. The van der Waals surface area contributed by atoms with Crippen LogP contribution in [-0.4, -0.2) is 72.1 Å². The molecule has 3 aromatic carbocycles. The zero-order chi connectivity index (χ0) is 27.2. The van der Waals surface area contributed by atoms with Crippen molar-refractivity contribution in [2.75, 3.05) is 39.3 Å². The van der Waals surface area contributed by atoms with Crippen molar-refractivity contribution in [2.24, 2.45) is 5.92 Å². The fraction of sp³-hybridized carbons (Fsp3) is 0.394. The summed E-state index contributed by atoms with van der Waals surface area (Å²) < 4.78 is 6.46. The second-order valence-corrected chi connectivity index (χ2v) is 11.2. The molecule has 1 aliphatic rings. The number of nitrogens with zero attached hydrogens (tertiary/aromatic N) is 3. The first kappa shape index (κ1) is 27.1. The molecule has 204 valence electrons. The Morgan fingerprint density at radius 1 is 0.923 bits per heavy atom. The van der Waals surface area contributed by atoms with Crippen molar-refractivity contribution in [1.82, 2.24) is 20.1 Å². The van der Waals surface area contributed by atoms with Crippen LogP contribution in [0.25, 0.3) is 21.7 Å². The van der Waals surface area contributed by atoms with E-state index in [4.69, 9.17) is 4.74 Å². The van der Waals surface area contributed by atoms with Crippen LogP contribution in [0.1, 0.15) is 37.6 Å². The highest BCUT2D eigenvalue weighted by atomic mass is 16.5. The van der Waals surface area contributed by atoms with Gasteiger partial charge in [-0.2, -0.15) is 0 Å². The van der Waals surface area contributed by atoms with Crippen LogP contribution in [0.3, 0.4) is 0 Å². The highest BCUT2D eigenvalue weighted by molar-refractivity contribution is 6.06. The first-order valence-corrected chi connectivity index (χ1v) is 14.2. The highest BCUT2D eigenvalue weighted by Gasteiger charge is 2.24. The Bertz CT molecular complexity index is 1390. The monoisotopic (exact) mass is 524 g/mol. The summed E-state index contributed by atoms with van der Waals surface area (Å²) in [4.78, 5) is 22.1. The number of carbonyl (C=O) groups is 1. The molecule has 39 heavy (non-hydrogen) atoms. The molecule has 5 rings (SSSR count). The number of amides is 1. The van der Waals surface area contributed by atoms with Crippen LogP contribution < -0.4 is 10.1 Å². The van der Waals surface area contributed by atoms with Gasteiger partial charge in [0.05, 0.1) is 5.52 Å². The number of hydrogen-bond donors (Lipinski definition) is 1. The average molecular weight is 525 g/mol. The van der Waals surface area contributed by atoms with Crippen molar-refractivity contribution in [2.45, 2.75) is 39.3 Å². The van der Waals surface area contributed by atoms with E-state index < -0.39 is 0 Å². The van der Waals surface area contributed by atoms with E-state index >= 15 is 0 Å². The summed E-state index contributed by atoms with van der Waals surface area (Å²) in [6, 6.07) is 24.7. The quantitative estimate of drug-likeness (QED) is 0.292. The maximum Gasteiger partial charge on any atom is 0.254 e. The molecule has 2 unspecified atom stereocenters. The molecule has 6 nitrogen and oxygen atoms in total. The van der Waals surface area contributed by atoms with E-state index in [9.17, 15) is 4.79 Å². The molecule has 0 bridgehead atoms. The standard InChI is InChI=1S/C33H40N4O2/c1-24(2)20-29(39-28-14-13-26-8-4-5-9-27(26)21-28)22-35-25(3)23-36-16-18-37(19-17-36)33(38)31-10-6-12-32-30(31)11-7-15-34-32/h4-15,21,24-25,29,35H,16-20,22-23H2,1-3H3. The fourth-order valence-corrected chi connectivity index (χ4v) is 5.51. The minimum absolute atomic E-state index is 0.0989. The van der Waals surface area contributed by atoms with Crippen LogP contribution in [-0.2, 0) is 0 Å². The molecule has 1 aliphatic heterocycles. The molecule has 2 heterocycles. The van der Waals surface area contributed by atoms with E-state index in [0.717, 1.165) is 67.9 Å². The molecule has 2 atom stereocenters. The topological polar surface area (TPSA) is 57.7 Å². The van der Waals surface area contributed by atoms with Crippen LogP contribution >= 0.6 is 0 Å². The van der Waals surface area contributed by atoms with E-state index in [1.165, 1.54) is 10.8 Å². The Labute approximate surface area is 232 Å². The summed E-state index contributed by atoms with van der Waals surface area (Å²) in [5.41, 5.74) is 1.61. The lowest BCUT2D eigenvalue weighted by atomic mass is 10.1. The number of hydrogen-bond acceptors (Lipinski definition) is 5. The van der Waals surface area contributed by atoms with Gasteiger partial charge in [-0.15, -0.1) is 0 Å². The molecular weight excluding hydrogens is 484 g/mol. The molecule has 1 aromatic heterocycles. The van der Waals surface area contributed by atoms with Crippen LogP contribution in [0.4, 0.5) is 0 Å². The zero-order valence-electron chi connectivity index (χ0n) is 23.3. The normalized spacial score (nSPS) is 16.1. The minimum Gasteiger partial charge on any atom is -0.489 e. The van der Waals surface area contributed by atoms with Crippen LogP contribution in [0.2, 0.25) is 0 Å². The van der Waals surface area contributed by atoms with E-state index in [-0.39, 0.29) is 12.0 Å². The predicted molar refractivity (Wildman–Crippen MR) is 159 cm³/mol. The summed E-state index contributed by atoms with van der Waals surface area (Å²) in [6.07, 6.45) is 2.88. The minimum atomic E-state index is 0.0989.